The number of carboxylic acids is 1. The highest BCUT2D eigenvalue weighted by molar-refractivity contribution is 5.75. The molecule has 1 saturated carbocycles. The molecule has 3 unspecified atom stereocenters. The van der Waals surface area contributed by atoms with E-state index in [-0.39, 0.29) is 23.9 Å². The number of hydrogen-bond acceptors (Lipinski definition) is 3. The van der Waals surface area contributed by atoms with Gasteiger partial charge in [-0.1, -0.05) is 71.6 Å². The van der Waals surface area contributed by atoms with Gasteiger partial charge >= 0.3 is 11.9 Å². The number of carbonyl (C=O) groups excluding carboxylic acids is 1. The second-order valence-corrected chi connectivity index (χ2v) is 7.98. The van der Waals surface area contributed by atoms with Crippen LogP contribution in [0.1, 0.15) is 110 Å². The van der Waals surface area contributed by atoms with Crippen molar-refractivity contribution in [3.8, 4) is 0 Å². The summed E-state index contributed by atoms with van der Waals surface area (Å²) in [5, 5.41) is 9.16. The highest BCUT2D eigenvalue weighted by Gasteiger charge is 2.32. The Kier molecular flexibility index (Phi) is 12.4. The lowest BCUT2D eigenvalue weighted by Crippen LogP contribution is -2.30. The van der Waals surface area contributed by atoms with Gasteiger partial charge in [0.2, 0.25) is 0 Å². The van der Waals surface area contributed by atoms with E-state index in [1.807, 2.05) is 0 Å². The van der Waals surface area contributed by atoms with Gasteiger partial charge in [0.25, 0.3) is 0 Å². The number of hydrogen-bond donors (Lipinski definition) is 1. The Morgan fingerprint density at radius 1 is 0.923 bits per heavy atom. The Morgan fingerprint density at radius 2 is 1.50 bits per heavy atom. The van der Waals surface area contributed by atoms with E-state index in [2.05, 4.69) is 13.8 Å². The number of carbonyl (C=O) groups is 2. The second-order valence-electron chi connectivity index (χ2n) is 7.98. The third kappa shape index (κ3) is 9.59. The molecule has 0 radical (unpaired) electrons. The van der Waals surface area contributed by atoms with Crippen molar-refractivity contribution < 1.29 is 19.4 Å². The van der Waals surface area contributed by atoms with Gasteiger partial charge in [-0.05, 0) is 38.5 Å². The van der Waals surface area contributed by atoms with Crippen LogP contribution in [0.5, 0.6) is 0 Å². The smallest absolute Gasteiger partial charge is 0.309 e. The predicted octanol–water partition coefficient (Wildman–Crippen LogP) is 6.12. The van der Waals surface area contributed by atoms with Crippen molar-refractivity contribution in [1.29, 1.82) is 0 Å². The molecule has 1 rings (SSSR count). The molecule has 0 bridgehead atoms. The molecular formula is C22H40O4. The molecule has 4 nitrogen and oxygen atoms in total. The molecule has 1 fully saturated rings. The summed E-state index contributed by atoms with van der Waals surface area (Å²) in [4.78, 5) is 23.5. The fraction of sp³-hybridized carbons (Fsp3) is 0.909. The molecule has 3 atom stereocenters. The highest BCUT2D eigenvalue weighted by Crippen LogP contribution is 2.30. The van der Waals surface area contributed by atoms with Crippen LogP contribution in [-0.4, -0.2) is 23.1 Å². The molecule has 0 aliphatic heterocycles. The topological polar surface area (TPSA) is 63.6 Å². The summed E-state index contributed by atoms with van der Waals surface area (Å²) >= 11 is 0. The van der Waals surface area contributed by atoms with Crippen molar-refractivity contribution in [2.24, 2.45) is 11.8 Å². The van der Waals surface area contributed by atoms with Crippen molar-refractivity contribution in [2.75, 3.05) is 0 Å². The Hall–Kier alpha value is -1.06. The normalized spacial score (nSPS) is 21.3. The van der Waals surface area contributed by atoms with Crippen LogP contribution in [0.25, 0.3) is 0 Å². The molecule has 1 aliphatic rings. The predicted molar refractivity (Wildman–Crippen MR) is 105 cm³/mol. The fourth-order valence-electron chi connectivity index (χ4n) is 3.92. The molecule has 0 aromatic carbocycles. The van der Waals surface area contributed by atoms with Crippen molar-refractivity contribution in [1.82, 2.24) is 0 Å². The first kappa shape index (κ1) is 23.0. The van der Waals surface area contributed by atoms with Gasteiger partial charge in [0.15, 0.2) is 0 Å². The molecule has 0 saturated heterocycles. The summed E-state index contributed by atoms with van der Waals surface area (Å²) in [7, 11) is 0. The lowest BCUT2D eigenvalue weighted by molar-refractivity contribution is -0.157. The molecular weight excluding hydrogens is 328 g/mol. The minimum Gasteiger partial charge on any atom is -0.481 e. The number of carboxylic acid groups (broad SMARTS) is 1. The quantitative estimate of drug-likeness (QED) is 0.296. The standard InChI is InChI=1S/C22H40O4/c1-3-5-6-7-8-9-10-11-12-16-20(4-2)26-22(25)19-15-13-14-18(17-19)21(23)24/h18-20H,3-17H2,1-2H3,(H,23,24). The van der Waals surface area contributed by atoms with Crippen LogP contribution in [0.2, 0.25) is 0 Å². The van der Waals surface area contributed by atoms with Crippen LogP contribution in [0.3, 0.4) is 0 Å². The van der Waals surface area contributed by atoms with Gasteiger partial charge < -0.3 is 9.84 Å². The third-order valence-electron chi connectivity index (χ3n) is 5.72. The Bertz CT molecular complexity index is 394. The number of aliphatic carboxylic acids is 1. The minimum atomic E-state index is -0.774. The van der Waals surface area contributed by atoms with Gasteiger partial charge in [-0.15, -0.1) is 0 Å². The Labute approximate surface area is 160 Å². The maximum absolute atomic E-state index is 12.4. The summed E-state index contributed by atoms with van der Waals surface area (Å²) in [6.45, 7) is 4.31. The van der Waals surface area contributed by atoms with Gasteiger partial charge in [0.1, 0.15) is 6.10 Å². The van der Waals surface area contributed by atoms with Gasteiger partial charge in [0.05, 0.1) is 11.8 Å². The number of rotatable bonds is 14. The van der Waals surface area contributed by atoms with Crippen molar-refractivity contribution in [3.63, 3.8) is 0 Å². The van der Waals surface area contributed by atoms with Crippen molar-refractivity contribution in [3.05, 3.63) is 0 Å². The van der Waals surface area contributed by atoms with Gasteiger partial charge in [-0.2, -0.15) is 0 Å². The van der Waals surface area contributed by atoms with Crippen LogP contribution in [0, 0.1) is 11.8 Å². The van der Waals surface area contributed by atoms with Gasteiger partial charge in [-0.25, -0.2) is 0 Å². The Balaban J connectivity index is 2.15. The van der Waals surface area contributed by atoms with Crippen LogP contribution in [0.4, 0.5) is 0 Å². The van der Waals surface area contributed by atoms with Crippen molar-refractivity contribution >= 4 is 11.9 Å². The lowest BCUT2D eigenvalue weighted by Gasteiger charge is -2.27. The van der Waals surface area contributed by atoms with Crippen LogP contribution in [0.15, 0.2) is 0 Å². The third-order valence-corrected chi connectivity index (χ3v) is 5.72. The van der Waals surface area contributed by atoms with E-state index in [1.165, 1.54) is 51.4 Å². The maximum atomic E-state index is 12.4. The average molecular weight is 369 g/mol. The van der Waals surface area contributed by atoms with E-state index in [4.69, 9.17) is 9.84 Å². The van der Waals surface area contributed by atoms with E-state index < -0.39 is 5.97 Å². The summed E-state index contributed by atoms with van der Waals surface area (Å²) < 4.78 is 5.71. The largest absolute Gasteiger partial charge is 0.481 e. The summed E-state index contributed by atoms with van der Waals surface area (Å²) in [5.41, 5.74) is 0. The summed E-state index contributed by atoms with van der Waals surface area (Å²) in [6.07, 6.45) is 16.2. The van der Waals surface area contributed by atoms with E-state index in [0.717, 1.165) is 32.1 Å². The molecule has 26 heavy (non-hydrogen) atoms. The minimum absolute atomic E-state index is 0.00254. The molecule has 0 aromatic rings. The highest BCUT2D eigenvalue weighted by atomic mass is 16.5. The van der Waals surface area contributed by atoms with Gasteiger partial charge in [-0.3, -0.25) is 9.59 Å². The number of unbranched alkanes of at least 4 members (excludes halogenated alkanes) is 8. The second kappa shape index (κ2) is 14.1. The van der Waals surface area contributed by atoms with E-state index in [1.54, 1.807) is 0 Å². The number of ether oxygens (including phenoxy) is 1. The molecule has 0 spiro atoms. The van der Waals surface area contributed by atoms with E-state index >= 15 is 0 Å². The van der Waals surface area contributed by atoms with Crippen LogP contribution in [-0.2, 0) is 14.3 Å². The maximum Gasteiger partial charge on any atom is 0.309 e. The van der Waals surface area contributed by atoms with Gasteiger partial charge in [0, 0.05) is 0 Å². The van der Waals surface area contributed by atoms with E-state index in [0.29, 0.717) is 12.8 Å². The Morgan fingerprint density at radius 3 is 2.08 bits per heavy atom. The summed E-state index contributed by atoms with van der Waals surface area (Å²) in [5.74, 6) is -1.54. The fourth-order valence-corrected chi connectivity index (χ4v) is 3.92. The monoisotopic (exact) mass is 368 g/mol. The zero-order chi connectivity index (χ0) is 19.2. The van der Waals surface area contributed by atoms with Crippen LogP contribution < -0.4 is 0 Å². The molecule has 0 heterocycles. The summed E-state index contributed by atoms with van der Waals surface area (Å²) in [6, 6.07) is 0. The SMILES string of the molecule is CCCCCCCCCCCC(CC)OC(=O)C1CCCC(C(=O)O)C1. The molecule has 0 amide bonds. The molecule has 1 N–H and O–H groups in total. The zero-order valence-corrected chi connectivity index (χ0v) is 17.0. The van der Waals surface area contributed by atoms with E-state index in [9.17, 15) is 9.59 Å². The van der Waals surface area contributed by atoms with Crippen LogP contribution >= 0.6 is 0 Å². The first-order valence-electron chi connectivity index (χ1n) is 11.0. The van der Waals surface area contributed by atoms with Crippen molar-refractivity contribution in [2.45, 2.75) is 116 Å². The average Bonchev–Trinajstić information content (AvgIpc) is 2.65. The first-order valence-corrected chi connectivity index (χ1v) is 11.0. The number of esters is 1. The zero-order valence-electron chi connectivity index (χ0n) is 17.0. The molecule has 4 heteroatoms. The first-order chi connectivity index (χ1) is 12.6. The lowest BCUT2D eigenvalue weighted by atomic mass is 9.81. The molecule has 152 valence electrons. The molecule has 0 aromatic heterocycles. The molecule has 1 aliphatic carbocycles.